The number of rotatable bonds is 6. The van der Waals surface area contributed by atoms with Gasteiger partial charge in [-0.05, 0) is 18.2 Å². The van der Waals surface area contributed by atoms with Gasteiger partial charge in [-0.1, -0.05) is 42.5 Å². The Morgan fingerprint density at radius 3 is 2.26 bits per heavy atom. The molecule has 0 aliphatic carbocycles. The molecule has 0 saturated carbocycles. The van der Waals surface area contributed by atoms with Crippen LogP contribution < -0.4 is 20.5 Å². The van der Waals surface area contributed by atoms with Crippen molar-refractivity contribution in [2.75, 3.05) is 19.5 Å². The molecule has 1 heterocycles. The highest BCUT2D eigenvalue weighted by Crippen LogP contribution is 2.35. The lowest BCUT2D eigenvalue weighted by molar-refractivity contribution is 0.102. The van der Waals surface area contributed by atoms with E-state index in [2.05, 4.69) is 5.32 Å². The van der Waals surface area contributed by atoms with Crippen LogP contribution in [0, 0.1) is 0 Å². The van der Waals surface area contributed by atoms with Crippen molar-refractivity contribution >= 4 is 34.3 Å². The molecule has 4 N–H and O–H groups in total. The standard InChI is InChI=1S/C25H21N3O6/c1-33-18-12-11-15(13-19(18)34-2)27-23(30)20-16-9-6-10-17(21(16)28(24(20)31)25(26)32)22(29)14-7-4-3-5-8-14/h3-13,31H,1-2H3,(H2,26,32)(H,27,30). The van der Waals surface area contributed by atoms with E-state index in [0.717, 1.165) is 4.57 Å². The number of anilines is 1. The van der Waals surface area contributed by atoms with Crippen LogP contribution in [0.3, 0.4) is 0 Å². The zero-order valence-corrected chi connectivity index (χ0v) is 18.4. The number of ether oxygens (including phenoxy) is 2. The number of hydrogen-bond donors (Lipinski definition) is 3. The molecule has 4 aromatic rings. The number of ketones is 1. The van der Waals surface area contributed by atoms with E-state index in [0.29, 0.717) is 22.7 Å². The molecule has 34 heavy (non-hydrogen) atoms. The molecular weight excluding hydrogens is 438 g/mol. The van der Waals surface area contributed by atoms with Crippen molar-refractivity contribution in [1.82, 2.24) is 4.57 Å². The van der Waals surface area contributed by atoms with E-state index in [1.54, 1.807) is 54.6 Å². The number of benzene rings is 3. The predicted molar refractivity (Wildman–Crippen MR) is 126 cm³/mol. The van der Waals surface area contributed by atoms with Crippen LogP contribution in [-0.2, 0) is 0 Å². The van der Waals surface area contributed by atoms with Crippen LogP contribution in [0.25, 0.3) is 10.9 Å². The summed E-state index contributed by atoms with van der Waals surface area (Å²) in [5.74, 6) is -0.913. The number of hydrogen-bond acceptors (Lipinski definition) is 6. The summed E-state index contributed by atoms with van der Waals surface area (Å²) >= 11 is 0. The van der Waals surface area contributed by atoms with Crippen LogP contribution in [-0.4, -0.2) is 41.6 Å². The van der Waals surface area contributed by atoms with Crippen LogP contribution in [0.5, 0.6) is 17.4 Å². The molecule has 3 aromatic carbocycles. The summed E-state index contributed by atoms with van der Waals surface area (Å²) in [5, 5.41) is 13.7. The number of fused-ring (bicyclic) bond motifs is 1. The molecule has 9 heteroatoms. The van der Waals surface area contributed by atoms with Crippen molar-refractivity contribution in [1.29, 1.82) is 0 Å². The molecule has 9 nitrogen and oxygen atoms in total. The summed E-state index contributed by atoms with van der Waals surface area (Å²) in [7, 11) is 2.95. The van der Waals surface area contributed by atoms with Gasteiger partial charge >= 0.3 is 6.03 Å². The third kappa shape index (κ3) is 3.79. The molecular formula is C25H21N3O6. The second kappa shape index (κ2) is 8.99. The van der Waals surface area contributed by atoms with Gasteiger partial charge in [0.2, 0.25) is 5.88 Å². The third-order valence-electron chi connectivity index (χ3n) is 5.33. The van der Waals surface area contributed by atoms with Crippen LogP contribution in [0.2, 0.25) is 0 Å². The van der Waals surface area contributed by atoms with Gasteiger partial charge in [-0.25, -0.2) is 9.36 Å². The molecule has 4 rings (SSSR count). The smallest absolute Gasteiger partial charge is 0.326 e. The highest BCUT2D eigenvalue weighted by molar-refractivity contribution is 6.22. The maximum absolute atomic E-state index is 13.2. The van der Waals surface area contributed by atoms with Gasteiger partial charge in [-0.15, -0.1) is 0 Å². The molecule has 0 saturated heterocycles. The third-order valence-corrected chi connectivity index (χ3v) is 5.33. The van der Waals surface area contributed by atoms with E-state index < -0.39 is 23.6 Å². The molecule has 0 spiro atoms. The molecule has 0 bridgehead atoms. The Morgan fingerprint density at radius 2 is 1.62 bits per heavy atom. The van der Waals surface area contributed by atoms with Crippen molar-refractivity contribution in [3.63, 3.8) is 0 Å². The first-order valence-electron chi connectivity index (χ1n) is 10.2. The molecule has 0 atom stereocenters. The Kier molecular flexibility index (Phi) is 5.92. The molecule has 172 valence electrons. The molecule has 2 amide bonds. The van der Waals surface area contributed by atoms with Gasteiger partial charge in [-0.2, -0.15) is 0 Å². The van der Waals surface area contributed by atoms with Crippen molar-refractivity contribution in [3.05, 3.63) is 83.4 Å². The molecule has 1 aromatic heterocycles. The fourth-order valence-corrected chi connectivity index (χ4v) is 3.80. The summed E-state index contributed by atoms with van der Waals surface area (Å²) in [5.41, 5.74) is 6.20. The monoisotopic (exact) mass is 459 g/mol. The number of methoxy groups -OCH3 is 2. The van der Waals surface area contributed by atoms with Crippen LogP contribution in [0.1, 0.15) is 26.3 Å². The Morgan fingerprint density at radius 1 is 0.912 bits per heavy atom. The lowest BCUT2D eigenvalue weighted by Gasteiger charge is -2.10. The number of nitrogens with two attached hydrogens (primary N) is 1. The highest BCUT2D eigenvalue weighted by Gasteiger charge is 2.28. The van der Waals surface area contributed by atoms with Crippen LogP contribution in [0.4, 0.5) is 10.5 Å². The minimum absolute atomic E-state index is 0.0406. The average molecular weight is 459 g/mol. The second-order valence-electron chi connectivity index (χ2n) is 7.29. The first-order chi connectivity index (χ1) is 16.4. The van der Waals surface area contributed by atoms with E-state index in [1.807, 2.05) is 0 Å². The van der Waals surface area contributed by atoms with Gasteiger partial charge in [0.05, 0.1) is 19.7 Å². The molecule has 0 aliphatic heterocycles. The van der Waals surface area contributed by atoms with Crippen molar-refractivity contribution in [3.8, 4) is 17.4 Å². The van der Waals surface area contributed by atoms with E-state index in [-0.39, 0.29) is 22.0 Å². The molecule has 0 unspecified atom stereocenters. The van der Waals surface area contributed by atoms with Crippen molar-refractivity contribution in [2.45, 2.75) is 0 Å². The Balaban J connectivity index is 1.84. The number of para-hydroxylation sites is 1. The van der Waals surface area contributed by atoms with Crippen LogP contribution in [0.15, 0.2) is 66.7 Å². The fraction of sp³-hybridized carbons (Fsp3) is 0.0800. The summed E-state index contributed by atoms with van der Waals surface area (Å²) in [6.45, 7) is 0. The number of primary amides is 1. The highest BCUT2D eigenvalue weighted by atomic mass is 16.5. The predicted octanol–water partition coefficient (Wildman–Crippen LogP) is 3.77. The van der Waals surface area contributed by atoms with Gasteiger partial charge in [0.25, 0.3) is 5.91 Å². The number of carbonyl (C=O) groups excluding carboxylic acids is 3. The zero-order valence-electron chi connectivity index (χ0n) is 18.4. The lowest BCUT2D eigenvalue weighted by Crippen LogP contribution is -2.20. The number of aromatic nitrogens is 1. The van der Waals surface area contributed by atoms with E-state index in [9.17, 15) is 19.5 Å². The maximum atomic E-state index is 13.2. The largest absolute Gasteiger partial charge is 0.494 e. The second-order valence-corrected chi connectivity index (χ2v) is 7.29. The number of nitrogens with one attached hydrogen (secondary N) is 1. The van der Waals surface area contributed by atoms with Gasteiger partial charge in [0.15, 0.2) is 17.3 Å². The van der Waals surface area contributed by atoms with Gasteiger partial charge in [-0.3, -0.25) is 9.59 Å². The van der Waals surface area contributed by atoms with E-state index in [1.165, 1.54) is 26.4 Å². The number of nitrogens with zero attached hydrogens (tertiary/aromatic N) is 1. The van der Waals surface area contributed by atoms with Crippen molar-refractivity contribution < 1.29 is 29.0 Å². The maximum Gasteiger partial charge on any atom is 0.326 e. The lowest BCUT2D eigenvalue weighted by atomic mass is 10.00. The van der Waals surface area contributed by atoms with Gasteiger partial charge < -0.3 is 25.6 Å². The first kappa shape index (κ1) is 22.4. The Bertz CT molecular complexity index is 1430. The minimum Gasteiger partial charge on any atom is -0.494 e. The average Bonchev–Trinajstić information content (AvgIpc) is 3.16. The van der Waals surface area contributed by atoms with Crippen molar-refractivity contribution in [2.24, 2.45) is 5.73 Å². The number of carbonyl (C=O) groups is 3. The number of aromatic hydroxyl groups is 1. The SMILES string of the molecule is COc1ccc(NC(=O)c2c(O)n(C(N)=O)c3c(C(=O)c4ccccc4)cccc23)cc1OC. The summed E-state index contributed by atoms with van der Waals surface area (Å²) < 4.78 is 11.2. The topological polar surface area (TPSA) is 133 Å². The summed E-state index contributed by atoms with van der Waals surface area (Å²) in [6.07, 6.45) is 0. The van der Waals surface area contributed by atoms with Crippen LogP contribution >= 0.6 is 0 Å². The summed E-state index contributed by atoms with van der Waals surface area (Å²) in [6, 6.07) is 16.7. The minimum atomic E-state index is -1.04. The summed E-state index contributed by atoms with van der Waals surface area (Å²) in [4.78, 5) is 38.6. The zero-order chi connectivity index (χ0) is 24.4. The molecule has 0 radical (unpaired) electrons. The van der Waals surface area contributed by atoms with E-state index >= 15 is 0 Å². The normalized spacial score (nSPS) is 10.6. The van der Waals surface area contributed by atoms with Gasteiger partial charge in [0, 0.05) is 28.3 Å². The first-order valence-corrected chi connectivity index (χ1v) is 10.2. The van der Waals surface area contributed by atoms with Gasteiger partial charge in [0.1, 0.15) is 5.56 Å². The van der Waals surface area contributed by atoms with E-state index in [4.69, 9.17) is 15.2 Å². The molecule has 0 fully saturated rings. The number of amides is 2. The molecule has 0 aliphatic rings. The fourth-order valence-electron chi connectivity index (χ4n) is 3.80. The Hall–Kier alpha value is -4.79. The quantitative estimate of drug-likeness (QED) is 0.376. The Labute approximate surface area is 194 Å².